The second kappa shape index (κ2) is 17.2. The van der Waals surface area contributed by atoms with Crippen molar-refractivity contribution in [2.24, 2.45) is 0 Å². The van der Waals surface area contributed by atoms with Gasteiger partial charge in [-0.15, -0.1) is 0 Å². The molecule has 47 heavy (non-hydrogen) atoms. The Morgan fingerprint density at radius 3 is 2.00 bits per heavy atom. The summed E-state index contributed by atoms with van der Waals surface area (Å²) in [6.07, 6.45) is 0.606. The van der Waals surface area contributed by atoms with Crippen molar-refractivity contribution < 1.29 is 48.4 Å². The van der Waals surface area contributed by atoms with Gasteiger partial charge in [0.15, 0.2) is 0 Å². The standard InChI is InChI=1S/C36H39BO10/c1-4-34(38)44-22-6-5-21-43-30-15-11-28(12-16-30)36(40)47-33-20-19-32(24(2)25(33)3)46-35(39)27-9-7-26(8-10-27)23-45-31-17-13-29(14-18-31)37(41)42/h7-20,36,40-42H,4-6,21-23H2,1-3H3. The fourth-order valence-electron chi connectivity index (χ4n) is 4.41. The molecule has 4 aromatic carbocycles. The summed E-state index contributed by atoms with van der Waals surface area (Å²) in [5, 5.41) is 29.1. The number of aliphatic hydroxyl groups excluding tert-OH is 1. The molecule has 0 amide bonds. The second-order valence-electron chi connectivity index (χ2n) is 10.8. The molecule has 4 rings (SSSR count). The van der Waals surface area contributed by atoms with Crippen LogP contribution in [-0.2, 0) is 16.1 Å². The van der Waals surface area contributed by atoms with Crippen LogP contribution in [0.25, 0.3) is 0 Å². The molecule has 0 saturated heterocycles. The molecule has 0 aliphatic rings. The first-order chi connectivity index (χ1) is 22.6. The lowest BCUT2D eigenvalue weighted by molar-refractivity contribution is -0.143. The number of rotatable bonds is 16. The predicted molar refractivity (Wildman–Crippen MR) is 176 cm³/mol. The first kappa shape index (κ1) is 35.0. The van der Waals surface area contributed by atoms with Gasteiger partial charge in [0.25, 0.3) is 0 Å². The summed E-state index contributed by atoms with van der Waals surface area (Å²) in [5.41, 5.74) is 3.54. The maximum Gasteiger partial charge on any atom is 0.488 e. The quantitative estimate of drug-likeness (QED) is 0.0505. The number of unbranched alkanes of at least 4 members (excludes halogenated alkanes) is 1. The van der Waals surface area contributed by atoms with E-state index in [1.165, 1.54) is 0 Å². The predicted octanol–water partition coefficient (Wildman–Crippen LogP) is 4.96. The van der Waals surface area contributed by atoms with Gasteiger partial charge in [-0.25, -0.2) is 4.79 Å². The summed E-state index contributed by atoms with van der Waals surface area (Å²) >= 11 is 0. The van der Waals surface area contributed by atoms with Gasteiger partial charge < -0.3 is 38.8 Å². The lowest BCUT2D eigenvalue weighted by Gasteiger charge is -2.18. The minimum atomic E-state index is -1.53. The zero-order valence-electron chi connectivity index (χ0n) is 26.7. The van der Waals surface area contributed by atoms with Crippen molar-refractivity contribution in [1.82, 2.24) is 0 Å². The lowest BCUT2D eigenvalue weighted by Crippen LogP contribution is -2.29. The molecule has 4 aromatic rings. The van der Waals surface area contributed by atoms with Gasteiger partial charge in [0, 0.05) is 12.0 Å². The summed E-state index contributed by atoms with van der Waals surface area (Å²) in [4.78, 5) is 24.0. The summed E-state index contributed by atoms with van der Waals surface area (Å²) in [7, 11) is -1.53. The number of carbonyl (C=O) groups is 2. The van der Waals surface area contributed by atoms with E-state index in [1.54, 1.807) is 91.9 Å². The molecule has 1 atom stereocenters. The van der Waals surface area contributed by atoms with E-state index >= 15 is 0 Å². The minimum Gasteiger partial charge on any atom is -0.494 e. The van der Waals surface area contributed by atoms with Crippen LogP contribution in [0.15, 0.2) is 84.9 Å². The molecule has 10 nitrogen and oxygen atoms in total. The number of esters is 2. The Bertz CT molecular complexity index is 1600. The van der Waals surface area contributed by atoms with Crippen LogP contribution >= 0.6 is 0 Å². The van der Waals surface area contributed by atoms with Crippen molar-refractivity contribution >= 4 is 24.5 Å². The van der Waals surface area contributed by atoms with Crippen molar-refractivity contribution in [2.75, 3.05) is 13.2 Å². The van der Waals surface area contributed by atoms with E-state index < -0.39 is 19.4 Å². The Balaban J connectivity index is 1.26. The average Bonchev–Trinajstić information content (AvgIpc) is 3.09. The van der Waals surface area contributed by atoms with E-state index in [0.717, 1.165) is 18.4 Å². The van der Waals surface area contributed by atoms with Crippen molar-refractivity contribution in [2.45, 2.75) is 52.9 Å². The SMILES string of the molecule is CCC(=O)OCCCCOc1ccc(C(O)Oc2ccc(OC(=O)c3ccc(COc4ccc(B(O)O)cc4)cc3)c(C)c2C)cc1. The Morgan fingerprint density at radius 2 is 1.34 bits per heavy atom. The Hall–Kier alpha value is -4.84. The van der Waals surface area contributed by atoms with Gasteiger partial charge in [0.1, 0.15) is 29.6 Å². The molecule has 1 unspecified atom stereocenters. The molecule has 0 heterocycles. The fourth-order valence-corrected chi connectivity index (χ4v) is 4.41. The van der Waals surface area contributed by atoms with Gasteiger partial charge in [-0.1, -0.05) is 31.2 Å². The Kier molecular flexibility index (Phi) is 12.8. The van der Waals surface area contributed by atoms with Crippen LogP contribution in [0.3, 0.4) is 0 Å². The second-order valence-corrected chi connectivity index (χ2v) is 10.8. The van der Waals surface area contributed by atoms with E-state index in [1.807, 2.05) is 13.8 Å². The zero-order valence-corrected chi connectivity index (χ0v) is 26.7. The first-order valence-corrected chi connectivity index (χ1v) is 15.4. The van der Waals surface area contributed by atoms with Crippen molar-refractivity contribution in [1.29, 1.82) is 0 Å². The van der Waals surface area contributed by atoms with Gasteiger partial charge >= 0.3 is 19.1 Å². The van der Waals surface area contributed by atoms with Gasteiger partial charge in [0.05, 0.1) is 18.8 Å². The summed E-state index contributed by atoms with van der Waals surface area (Å²) in [5.74, 6) is 1.33. The first-order valence-electron chi connectivity index (χ1n) is 15.4. The highest BCUT2D eigenvalue weighted by Crippen LogP contribution is 2.32. The molecule has 11 heteroatoms. The van der Waals surface area contributed by atoms with Crippen LogP contribution in [0.4, 0.5) is 0 Å². The molecule has 3 N–H and O–H groups in total. The smallest absolute Gasteiger partial charge is 0.488 e. The van der Waals surface area contributed by atoms with Crippen LogP contribution in [0.2, 0.25) is 0 Å². The van der Waals surface area contributed by atoms with Crippen LogP contribution in [0.5, 0.6) is 23.0 Å². The van der Waals surface area contributed by atoms with Gasteiger partial charge in [-0.2, -0.15) is 0 Å². The largest absolute Gasteiger partial charge is 0.494 e. The van der Waals surface area contributed by atoms with E-state index in [4.69, 9.17) is 23.7 Å². The highest BCUT2D eigenvalue weighted by molar-refractivity contribution is 6.58. The van der Waals surface area contributed by atoms with Gasteiger partial charge in [-0.3, -0.25) is 4.79 Å². The summed E-state index contributed by atoms with van der Waals surface area (Å²) < 4.78 is 28.0. The van der Waals surface area contributed by atoms with Crippen LogP contribution in [0.1, 0.15) is 65.1 Å². The molecule has 0 saturated carbocycles. The van der Waals surface area contributed by atoms with E-state index in [-0.39, 0.29) is 12.6 Å². The maximum absolute atomic E-state index is 12.9. The van der Waals surface area contributed by atoms with Crippen molar-refractivity contribution in [3.8, 4) is 23.0 Å². The third-order valence-electron chi connectivity index (χ3n) is 7.43. The number of carbonyl (C=O) groups excluding carboxylic acids is 2. The maximum atomic E-state index is 12.9. The van der Waals surface area contributed by atoms with Crippen molar-refractivity contribution in [3.05, 3.63) is 113 Å². The Morgan fingerprint density at radius 1 is 0.745 bits per heavy atom. The van der Waals surface area contributed by atoms with Gasteiger partial charge in [0.2, 0.25) is 6.29 Å². The summed E-state index contributed by atoms with van der Waals surface area (Å²) in [6, 6.07) is 23.5. The number of hydrogen-bond acceptors (Lipinski definition) is 10. The number of benzene rings is 4. The third kappa shape index (κ3) is 10.3. The highest BCUT2D eigenvalue weighted by atomic mass is 16.6. The molecule has 0 aliphatic heterocycles. The number of aliphatic hydroxyl groups is 1. The van der Waals surface area contributed by atoms with E-state index in [0.29, 0.717) is 70.3 Å². The number of ether oxygens (including phenoxy) is 5. The third-order valence-corrected chi connectivity index (χ3v) is 7.43. The normalized spacial score (nSPS) is 11.4. The van der Waals surface area contributed by atoms with Crippen LogP contribution < -0.4 is 24.4 Å². The van der Waals surface area contributed by atoms with Crippen LogP contribution in [0, 0.1) is 13.8 Å². The Labute approximate surface area is 274 Å². The van der Waals surface area contributed by atoms with E-state index in [9.17, 15) is 24.7 Å². The minimum absolute atomic E-state index is 0.207. The van der Waals surface area contributed by atoms with Crippen LogP contribution in [-0.4, -0.2) is 47.4 Å². The molecular weight excluding hydrogens is 603 g/mol. The van der Waals surface area contributed by atoms with E-state index in [2.05, 4.69) is 0 Å². The zero-order chi connectivity index (χ0) is 33.8. The summed E-state index contributed by atoms with van der Waals surface area (Å²) in [6.45, 7) is 6.52. The molecular formula is C36H39BO10. The molecule has 0 bridgehead atoms. The van der Waals surface area contributed by atoms with Gasteiger partial charge in [-0.05, 0) is 110 Å². The topological polar surface area (TPSA) is 141 Å². The molecule has 0 spiro atoms. The molecule has 0 aromatic heterocycles. The molecule has 246 valence electrons. The highest BCUT2D eigenvalue weighted by Gasteiger charge is 2.17. The number of hydrogen-bond donors (Lipinski definition) is 3. The average molecular weight is 643 g/mol. The lowest BCUT2D eigenvalue weighted by atomic mass is 9.80. The molecule has 0 fully saturated rings. The van der Waals surface area contributed by atoms with Crippen molar-refractivity contribution in [3.63, 3.8) is 0 Å². The monoisotopic (exact) mass is 642 g/mol. The fraction of sp³-hybridized carbons (Fsp3) is 0.278. The molecule has 0 radical (unpaired) electrons. The molecule has 0 aliphatic carbocycles.